The minimum absolute atomic E-state index is 0.00962. The molecular weight excluding hydrogens is 238 g/mol. The second-order valence-electron chi connectivity index (χ2n) is 4.38. The van der Waals surface area contributed by atoms with E-state index in [1.165, 1.54) is 0 Å². The molecule has 0 fully saturated rings. The van der Waals surface area contributed by atoms with Crippen LogP contribution in [0.5, 0.6) is 0 Å². The molecule has 19 heavy (non-hydrogen) atoms. The van der Waals surface area contributed by atoms with Crippen molar-refractivity contribution in [2.45, 2.75) is 6.04 Å². The normalized spacial score (nSPS) is 12.7. The third-order valence-corrected chi connectivity index (χ3v) is 3.21. The van der Waals surface area contributed by atoms with Crippen molar-refractivity contribution in [3.8, 4) is 0 Å². The predicted molar refractivity (Wildman–Crippen MR) is 73.6 cm³/mol. The maximum absolute atomic E-state index is 4.68. The molecule has 0 spiro atoms. The van der Waals surface area contributed by atoms with E-state index in [4.69, 9.17) is 0 Å². The van der Waals surface area contributed by atoms with Crippen molar-refractivity contribution in [1.29, 1.82) is 0 Å². The van der Waals surface area contributed by atoms with E-state index in [-0.39, 0.29) is 6.04 Å². The van der Waals surface area contributed by atoms with Crippen LogP contribution in [0.4, 0.5) is 0 Å². The number of benzene rings is 1. The lowest BCUT2D eigenvalue weighted by Gasteiger charge is -2.16. The summed E-state index contributed by atoms with van der Waals surface area (Å²) in [6, 6.07) is 9.85. The van der Waals surface area contributed by atoms with Gasteiger partial charge in [0.15, 0.2) is 0 Å². The van der Waals surface area contributed by atoms with Crippen molar-refractivity contribution in [3.05, 3.63) is 54.1 Å². The Hall–Kier alpha value is -2.27. The molecule has 0 amide bonds. The monoisotopic (exact) mass is 253 g/mol. The van der Waals surface area contributed by atoms with E-state index in [0.29, 0.717) is 0 Å². The van der Waals surface area contributed by atoms with Gasteiger partial charge in [0, 0.05) is 13.2 Å². The van der Waals surface area contributed by atoms with Crippen LogP contribution in [0.3, 0.4) is 0 Å². The Labute approximate surface area is 111 Å². The minimum atomic E-state index is -0.00962. The second kappa shape index (κ2) is 4.78. The SMILES string of the molecule is CNC(c1cnc2ccccc2n1)c1ccnn1C. The van der Waals surface area contributed by atoms with Crippen LogP contribution >= 0.6 is 0 Å². The fourth-order valence-corrected chi connectivity index (χ4v) is 2.23. The molecule has 0 aliphatic carbocycles. The Morgan fingerprint density at radius 3 is 2.63 bits per heavy atom. The van der Waals surface area contributed by atoms with Crippen LogP contribution in [-0.2, 0) is 7.05 Å². The number of hydrogen-bond donors (Lipinski definition) is 1. The van der Waals surface area contributed by atoms with Crippen LogP contribution in [0.15, 0.2) is 42.7 Å². The molecule has 0 aliphatic heterocycles. The lowest BCUT2D eigenvalue weighted by Crippen LogP contribution is -2.21. The Morgan fingerprint density at radius 1 is 1.16 bits per heavy atom. The summed E-state index contributed by atoms with van der Waals surface area (Å²) in [7, 11) is 3.84. The van der Waals surface area contributed by atoms with E-state index in [1.807, 2.05) is 55.3 Å². The molecular formula is C14H15N5. The molecule has 0 saturated carbocycles. The molecule has 2 aromatic heterocycles. The van der Waals surface area contributed by atoms with Gasteiger partial charge < -0.3 is 5.32 Å². The maximum Gasteiger partial charge on any atom is 0.0935 e. The van der Waals surface area contributed by atoms with Crippen LogP contribution in [-0.4, -0.2) is 26.8 Å². The van der Waals surface area contributed by atoms with Gasteiger partial charge in [-0.1, -0.05) is 12.1 Å². The van der Waals surface area contributed by atoms with Crippen molar-refractivity contribution in [2.24, 2.45) is 7.05 Å². The van der Waals surface area contributed by atoms with Gasteiger partial charge in [0.2, 0.25) is 0 Å². The molecule has 1 unspecified atom stereocenters. The summed E-state index contributed by atoms with van der Waals surface area (Å²) in [6.45, 7) is 0. The quantitative estimate of drug-likeness (QED) is 0.771. The molecule has 2 heterocycles. The first-order chi connectivity index (χ1) is 9.29. The Morgan fingerprint density at radius 2 is 1.95 bits per heavy atom. The lowest BCUT2D eigenvalue weighted by molar-refractivity contribution is 0.594. The Kier molecular flexibility index (Phi) is 2.97. The zero-order valence-electron chi connectivity index (χ0n) is 10.9. The summed E-state index contributed by atoms with van der Waals surface area (Å²) in [5.74, 6) is 0. The van der Waals surface area contributed by atoms with Gasteiger partial charge in [-0.05, 0) is 25.2 Å². The highest BCUT2D eigenvalue weighted by Crippen LogP contribution is 2.20. The summed E-state index contributed by atoms with van der Waals surface area (Å²) in [4.78, 5) is 9.13. The molecule has 0 saturated heterocycles. The summed E-state index contributed by atoms with van der Waals surface area (Å²) in [6.07, 6.45) is 3.60. The fraction of sp³-hybridized carbons (Fsp3) is 0.214. The summed E-state index contributed by atoms with van der Waals surface area (Å²) in [5.41, 5.74) is 3.77. The van der Waals surface area contributed by atoms with E-state index >= 15 is 0 Å². The summed E-state index contributed by atoms with van der Waals surface area (Å²) >= 11 is 0. The molecule has 5 nitrogen and oxygen atoms in total. The fourth-order valence-electron chi connectivity index (χ4n) is 2.23. The van der Waals surface area contributed by atoms with Crippen LogP contribution in [0.2, 0.25) is 0 Å². The van der Waals surface area contributed by atoms with Crippen molar-refractivity contribution in [2.75, 3.05) is 7.05 Å². The van der Waals surface area contributed by atoms with Gasteiger partial charge in [-0.2, -0.15) is 5.10 Å². The average molecular weight is 253 g/mol. The van der Waals surface area contributed by atoms with Crippen molar-refractivity contribution in [3.63, 3.8) is 0 Å². The zero-order chi connectivity index (χ0) is 13.2. The van der Waals surface area contributed by atoms with Gasteiger partial charge >= 0.3 is 0 Å². The lowest BCUT2D eigenvalue weighted by atomic mass is 10.1. The minimum Gasteiger partial charge on any atom is -0.307 e. The molecule has 96 valence electrons. The van der Waals surface area contributed by atoms with Gasteiger partial charge in [-0.25, -0.2) is 4.98 Å². The summed E-state index contributed by atoms with van der Waals surface area (Å²) in [5, 5.41) is 7.46. The number of fused-ring (bicyclic) bond motifs is 1. The number of nitrogens with one attached hydrogen (secondary N) is 1. The number of rotatable bonds is 3. The van der Waals surface area contributed by atoms with Crippen LogP contribution in [0.1, 0.15) is 17.4 Å². The maximum atomic E-state index is 4.68. The first kappa shape index (κ1) is 11.8. The van der Waals surface area contributed by atoms with Gasteiger partial charge in [0.1, 0.15) is 0 Å². The van der Waals surface area contributed by atoms with Crippen molar-refractivity contribution >= 4 is 11.0 Å². The highest BCUT2D eigenvalue weighted by Gasteiger charge is 2.17. The molecule has 1 N–H and O–H groups in total. The van der Waals surface area contributed by atoms with Crippen LogP contribution in [0.25, 0.3) is 11.0 Å². The number of aromatic nitrogens is 4. The van der Waals surface area contributed by atoms with Crippen molar-refractivity contribution in [1.82, 2.24) is 25.1 Å². The molecule has 0 bridgehead atoms. The van der Waals surface area contributed by atoms with Crippen LogP contribution in [0, 0.1) is 0 Å². The van der Waals surface area contributed by atoms with Gasteiger partial charge in [0.05, 0.1) is 34.7 Å². The average Bonchev–Trinajstić information content (AvgIpc) is 2.86. The highest BCUT2D eigenvalue weighted by atomic mass is 15.3. The molecule has 3 rings (SSSR count). The number of hydrogen-bond acceptors (Lipinski definition) is 4. The largest absolute Gasteiger partial charge is 0.307 e. The third kappa shape index (κ3) is 2.08. The van der Waals surface area contributed by atoms with Gasteiger partial charge in [-0.3, -0.25) is 9.67 Å². The molecule has 0 aliphatic rings. The molecule has 0 radical (unpaired) electrons. The predicted octanol–water partition coefficient (Wildman–Crippen LogP) is 1.67. The standard InChI is InChI=1S/C14H15N5/c1-15-14(13-7-8-17-19(13)2)12-9-16-10-5-3-4-6-11(10)18-12/h3-9,14-15H,1-2H3. The second-order valence-corrected chi connectivity index (χ2v) is 4.38. The van der Waals surface area contributed by atoms with Crippen LogP contribution < -0.4 is 5.32 Å². The number of aryl methyl sites for hydroxylation is 1. The molecule has 1 atom stereocenters. The molecule has 1 aromatic carbocycles. The number of nitrogens with zero attached hydrogens (tertiary/aromatic N) is 4. The smallest absolute Gasteiger partial charge is 0.0935 e. The van der Waals surface area contributed by atoms with E-state index in [2.05, 4.69) is 20.4 Å². The van der Waals surface area contributed by atoms with Gasteiger partial charge in [0.25, 0.3) is 0 Å². The zero-order valence-corrected chi connectivity index (χ0v) is 10.9. The topological polar surface area (TPSA) is 55.6 Å². The number of para-hydroxylation sites is 2. The Bertz CT molecular complexity index is 704. The van der Waals surface area contributed by atoms with Crippen molar-refractivity contribution < 1.29 is 0 Å². The van der Waals surface area contributed by atoms with Gasteiger partial charge in [-0.15, -0.1) is 0 Å². The summed E-state index contributed by atoms with van der Waals surface area (Å²) < 4.78 is 1.85. The molecule has 5 heteroatoms. The van der Waals surface area contributed by atoms with E-state index in [1.54, 1.807) is 6.20 Å². The first-order valence-corrected chi connectivity index (χ1v) is 6.16. The molecule has 3 aromatic rings. The third-order valence-electron chi connectivity index (χ3n) is 3.21. The Balaban J connectivity index is 2.09. The van der Waals surface area contributed by atoms with E-state index in [0.717, 1.165) is 22.4 Å². The first-order valence-electron chi connectivity index (χ1n) is 6.16. The van der Waals surface area contributed by atoms with E-state index < -0.39 is 0 Å². The highest BCUT2D eigenvalue weighted by molar-refractivity contribution is 5.73. The van der Waals surface area contributed by atoms with E-state index in [9.17, 15) is 0 Å².